The lowest BCUT2D eigenvalue weighted by atomic mass is 10.1. The number of para-hydroxylation sites is 1. The molecule has 3 rings (SSSR count). The zero-order chi connectivity index (χ0) is 13.2. The van der Waals surface area contributed by atoms with Crippen LogP contribution in [0.3, 0.4) is 0 Å². The largest absolute Gasteiger partial charge is 0.488 e. The maximum absolute atomic E-state index is 11.9. The van der Waals surface area contributed by atoms with Crippen LogP contribution in [0.4, 0.5) is 0 Å². The standard InChI is InChI=1S/C14H12BrNO2S/c15-13-6-5-12(19-13)14(17)16-8-10-7-9-3-1-2-4-11(9)18-10/h1-6,10H,7-8H2,(H,16,17). The minimum atomic E-state index is -0.0461. The van der Waals surface area contributed by atoms with Crippen molar-refractivity contribution < 1.29 is 9.53 Å². The third-order valence-electron chi connectivity index (χ3n) is 3.00. The van der Waals surface area contributed by atoms with Gasteiger partial charge in [0, 0.05) is 6.42 Å². The highest BCUT2D eigenvalue weighted by atomic mass is 79.9. The maximum Gasteiger partial charge on any atom is 0.261 e. The van der Waals surface area contributed by atoms with Gasteiger partial charge in [0.25, 0.3) is 5.91 Å². The number of hydrogen-bond donors (Lipinski definition) is 1. The van der Waals surface area contributed by atoms with Crippen LogP contribution in [0.15, 0.2) is 40.2 Å². The molecule has 2 heterocycles. The van der Waals surface area contributed by atoms with Gasteiger partial charge in [-0.3, -0.25) is 4.79 Å². The highest BCUT2D eigenvalue weighted by Gasteiger charge is 2.22. The number of amides is 1. The smallest absolute Gasteiger partial charge is 0.261 e. The Kier molecular flexibility index (Phi) is 3.57. The number of thiophene rings is 1. The molecule has 0 saturated carbocycles. The molecule has 1 amide bonds. The Balaban J connectivity index is 1.56. The SMILES string of the molecule is O=C(NCC1Cc2ccccc2O1)c1ccc(Br)s1. The molecule has 1 aliphatic heterocycles. The average Bonchev–Trinajstić information content (AvgIpc) is 3.01. The summed E-state index contributed by atoms with van der Waals surface area (Å²) in [5.41, 5.74) is 1.21. The van der Waals surface area contributed by atoms with Crippen molar-refractivity contribution in [2.24, 2.45) is 0 Å². The maximum atomic E-state index is 11.9. The first-order chi connectivity index (χ1) is 9.22. The highest BCUT2D eigenvalue weighted by molar-refractivity contribution is 9.11. The van der Waals surface area contributed by atoms with E-state index in [2.05, 4.69) is 27.3 Å². The van der Waals surface area contributed by atoms with Crippen LogP contribution in [0.25, 0.3) is 0 Å². The monoisotopic (exact) mass is 337 g/mol. The van der Waals surface area contributed by atoms with E-state index in [9.17, 15) is 4.79 Å². The van der Waals surface area contributed by atoms with E-state index < -0.39 is 0 Å². The van der Waals surface area contributed by atoms with Gasteiger partial charge in [-0.15, -0.1) is 11.3 Å². The van der Waals surface area contributed by atoms with E-state index in [1.54, 1.807) is 0 Å². The summed E-state index contributed by atoms with van der Waals surface area (Å²) in [7, 11) is 0. The first-order valence-corrected chi connectivity index (χ1v) is 7.61. The summed E-state index contributed by atoms with van der Waals surface area (Å²) in [4.78, 5) is 12.6. The van der Waals surface area contributed by atoms with Gasteiger partial charge in [-0.2, -0.15) is 0 Å². The topological polar surface area (TPSA) is 38.3 Å². The van der Waals surface area contributed by atoms with Gasteiger partial charge in [0.2, 0.25) is 0 Å². The zero-order valence-corrected chi connectivity index (χ0v) is 12.5. The molecule has 1 aromatic heterocycles. The molecular weight excluding hydrogens is 326 g/mol. The number of nitrogens with one attached hydrogen (secondary N) is 1. The second-order valence-electron chi connectivity index (χ2n) is 4.37. The first-order valence-electron chi connectivity index (χ1n) is 6.00. The Morgan fingerprint density at radius 2 is 2.21 bits per heavy atom. The summed E-state index contributed by atoms with van der Waals surface area (Å²) in [6.07, 6.45) is 0.884. The minimum Gasteiger partial charge on any atom is -0.488 e. The number of fused-ring (bicyclic) bond motifs is 1. The highest BCUT2D eigenvalue weighted by Crippen LogP contribution is 2.28. The van der Waals surface area contributed by atoms with Gasteiger partial charge in [-0.25, -0.2) is 0 Å². The average molecular weight is 338 g/mol. The summed E-state index contributed by atoms with van der Waals surface area (Å²) in [5, 5.41) is 2.91. The van der Waals surface area contributed by atoms with Gasteiger partial charge in [0.15, 0.2) is 0 Å². The van der Waals surface area contributed by atoms with Gasteiger partial charge < -0.3 is 10.1 Å². The van der Waals surface area contributed by atoms with Crippen LogP contribution in [-0.2, 0) is 6.42 Å². The number of rotatable bonds is 3. The normalized spacial score (nSPS) is 16.8. The molecule has 1 N–H and O–H groups in total. The summed E-state index contributed by atoms with van der Waals surface area (Å²) in [6, 6.07) is 11.7. The lowest BCUT2D eigenvalue weighted by Gasteiger charge is -2.11. The lowest BCUT2D eigenvalue weighted by molar-refractivity contribution is 0.0937. The van der Waals surface area contributed by atoms with Gasteiger partial charge in [0.05, 0.1) is 15.2 Å². The molecule has 3 nitrogen and oxygen atoms in total. The quantitative estimate of drug-likeness (QED) is 0.933. The van der Waals surface area contributed by atoms with Gasteiger partial charge in [-0.1, -0.05) is 18.2 Å². The molecular formula is C14H12BrNO2S. The number of ether oxygens (including phenoxy) is 1. The Morgan fingerprint density at radius 3 is 2.95 bits per heavy atom. The number of hydrogen-bond acceptors (Lipinski definition) is 3. The second kappa shape index (κ2) is 5.35. The molecule has 5 heteroatoms. The minimum absolute atomic E-state index is 0.0322. The Hall–Kier alpha value is -1.33. The predicted octanol–water partition coefficient (Wildman–Crippen LogP) is 3.24. The summed E-state index contributed by atoms with van der Waals surface area (Å²) in [6.45, 7) is 0.531. The summed E-state index contributed by atoms with van der Waals surface area (Å²) < 4.78 is 6.74. The molecule has 0 aliphatic carbocycles. The van der Waals surface area contributed by atoms with E-state index in [0.29, 0.717) is 11.4 Å². The third kappa shape index (κ3) is 2.82. The molecule has 1 aromatic carbocycles. The molecule has 0 spiro atoms. The number of halogens is 1. The van der Waals surface area contributed by atoms with Crippen molar-refractivity contribution in [1.82, 2.24) is 5.32 Å². The molecule has 0 radical (unpaired) electrons. The van der Waals surface area contributed by atoms with Crippen molar-refractivity contribution in [3.63, 3.8) is 0 Å². The van der Waals surface area contributed by atoms with E-state index in [1.165, 1.54) is 16.9 Å². The van der Waals surface area contributed by atoms with Crippen LogP contribution in [0, 0.1) is 0 Å². The molecule has 19 heavy (non-hydrogen) atoms. The Morgan fingerprint density at radius 1 is 1.37 bits per heavy atom. The molecule has 0 saturated heterocycles. The Bertz CT molecular complexity index is 586. The van der Waals surface area contributed by atoms with Gasteiger partial charge in [0.1, 0.15) is 11.9 Å². The van der Waals surface area contributed by atoms with Crippen molar-refractivity contribution in [1.29, 1.82) is 0 Å². The van der Waals surface area contributed by atoms with Crippen LogP contribution >= 0.6 is 27.3 Å². The van der Waals surface area contributed by atoms with Crippen molar-refractivity contribution in [2.75, 3.05) is 6.54 Å². The fourth-order valence-corrected chi connectivity index (χ4v) is 3.40. The van der Waals surface area contributed by atoms with E-state index in [0.717, 1.165) is 16.0 Å². The van der Waals surface area contributed by atoms with E-state index in [4.69, 9.17) is 4.74 Å². The van der Waals surface area contributed by atoms with Crippen LogP contribution in [-0.4, -0.2) is 18.6 Å². The number of benzene rings is 1. The number of carbonyl (C=O) groups is 1. The van der Waals surface area contributed by atoms with Gasteiger partial charge in [-0.05, 0) is 39.7 Å². The number of carbonyl (C=O) groups excluding carboxylic acids is 1. The van der Waals surface area contributed by atoms with E-state index in [-0.39, 0.29) is 12.0 Å². The molecule has 1 aliphatic rings. The molecule has 0 fully saturated rings. The second-order valence-corrected chi connectivity index (χ2v) is 6.83. The first kappa shape index (κ1) is 12.7. The summed E-state index contributed by atoms with van der Waals surface area (Å²) in [5.74, 6) is 0.885. The van der Waals surface area contributed by atoms with Crippen LogP contribution in [0.1, 0.15) is 15.2 Å². The third-order valence-corrected chi connectivity index (χ3v) is 4.62. The van der Waals surface area contributed by atoms with Gasteiger partial charge >= 0.3 is 0 Å². The molecule has 98 valence electrons. The fraction of sp³-hybridized carbons (Fsp3) is 0.214. The van der Waals surface area contributed by atoms with Crippen molar-refractivity contribution >= 4 is 33.2 Å². The van der Waals surface area contributed by atoms with Crippen molar-refractivity contribution in [2.45, 2.75) is 12.5 Å². The summed E-state index contributed by atoms with van der Waals surface area (Å²) >= 11 is 4.78. The van der Waals surface area contributed by atoms with Crippen molar-refractivity contribution in [3.05, 3.63) is 50.6 Å². The fourth-order valence-electron chi connectivity index (χ4n) is 2.10. The molecule has 1 unspecified atom stereocenters. The Labute approximate surface area is 123 Å². The predicted molar refractivity (Wildman–Crippen MR) is 78.9 cm³/mol. The molecule has 1 atom stereocenters. The van der Waals surface area contributed by atoms with Crippen molar-refractivity contribution in [3.8, 4) is 5.75 Å². The van der Waals surface area contributed by atoms with Crippen LogP contribution < -0.4 is 10.1 Å². The molecule has 0 bridgehead atoms. The zero-order valence-electron chi connectivity index (χ0n) is 10.1. The van der Waals surface area contributed by atoms with E-state index >= 15 is 0 Å². The van der Waals surface area contributed by atoms with E-state index in [1.807, 2.05) is 30.3 Å². The molecule has 2 aromatic rings. The lowest BCUT2D eigenvalue weighted by Crippen LogP contribution is -2.34. The van der Waals surface area contributed by atoms with Crippen LogP contribution in [0.2, 0.25) is 0 Å². The van der Waals surface area contributed by atoms with Crippen LogP contribution in [0.5, 0.6) is 5.75 Å².